The van der Waals surface area contributed by atoms with Crippen molar-refractivity contribution in [2.45, 2.75) is 50.9 Å². The molecule has 14 heteroatoms. The summed E-state index contributed by atoms with van der Waals surface area (Å²) in [6, 6.07) is -2.03. The monoisotopic (exact) mass is 456 g/mol. The van der Waals surface area contributed by atoms with Crippen molar-refractivity contribution in [3.05, 3.63) is 11.3 Å². The number of hydrogen-bond acceptors (Lipinski definition) is 8. The van der Waals surface area contributed by atoms with Crippen molar-refractivity contribution in [2.75, 3.05) is 12.4 Å². The number of carbonyl (C=O) groups excluding carboxylic acids is 4. The number of β-lactam (4-membered cyclic amide) rings is 1. The van der Waals surface area contributed by atoms with Crippen molar-refractivity contribution in [3.63, 3.8) is 0 Å². The molecular formula is C16H19F3N2O8S. The van der Waals surface area contributed by atoms with Gasteiger partial charge < -0.3 is 14.8 Å². The molecule has 2 heterocycles. The molecule has 0 aromatic carbocycles. The third-order valence-electron chi connectivity index (χ3n) is 3.95. The van der Waals surface area contributed by atoms with Crippen LogP contribution in [-0.4, -0.2) is 72.6 Å². The molecule has 2 aliphatic heterocycles. The van der Waals surface area contributed by atoms with Gasteiger partial charge in [-0.25, -0.2) is 13.2 Å². The number of nitrogens with zero attached hydrogens (tertiary/aromatic N) is 1. The maximum atomic E-state index is 12.6. The summed E-state index contributed by atoms with van der Waals surface area (Å²) in [7, 11) is -4.34. The number of hydrogen-bond donors (Lipinski definition) is 1. The maximum absolute atomic E-state index is 12.6. The highest BCUT2D eigenvalue weighted by Crippen LogP contribution is 2.38. The fourth-order valence-corrected chi connectivity index (χ4v) is 4.87. The number of halogens is 3. The van der Waals surface area contributed by atoms with E-state index in [2.05, 4.69) is 0 Å². The number of alkyl halides is 3. The zero-order chi connectivity index (χ0) is 23.2. The lowest BCUT2D eigenvalue weighted by atomic mass is 10.0. The molecule has 0 aromatic rings. The summed E-state index contributed by atoms with van der Waals surface area (Å²) in [5, 5.41) is -0.591. The van der Waals surface area contributed by atoms with Gasteiger partial charge in [0.25, 0.3) is 5.91 Å². The molecule has 1 fully saturated rings. The first-order valence-corrected chi connectivity index (χ1v) is 10.2. The second-order valence-electron chi connectivity index (χ2n) is 7.59. The highest BCUT2D eigenvalue weighted by Gasteiger charge is 2.62. The fraction of sp³-hybridized carbons (Fsp3) is 0.625. The van der Waals surface area contributed by atoms with E-state index >= 15 is 0 Å². The number of nitrogens with one attached hydrogen (secondary N) is 1. The highest BCUT2D eigenvalue weighted by molar-refractivity contribution is 7.92. The molecule has 0 bridgehead atoms. The van der Waals surface area contributed by atoms with Gasteiger partial charge in [0.15, 0.2) is 15.2 Å². The van der Waals surface area contributed by atoms with Crippen LogP contribution in [0.3, 0.4) is 0 Å². The zero-order valence-corrected chi connectivity index (χ0v) is 17.1. The van der Waals surface area contributed by atoms with Crippen molar-refractivity contribution < 1.29 is 50.2 Å². The lowest BCUT2D eigenvalue weighted by molar-refractivity contribution is -0.177. The van der Waals surface area contributed by atoms with Crippen LogP contribution in [0.25, 0.3) is 0 Å². The first kappa shape index (κ1) is 23.6. The summed E-state index contributed by atoms with van der Waals surface area (Å²) >= 11 is 0. The van der Waals surface area contributed by atoms with Gasteiger partial charge in [-0.05, 0) is 20.8 Å². The zero-order valence-electron chi connectivity index (χ0n) is 16.3. The second kappa shape index (κ2) is 7.56. The number of carbonyl (C=O) groups is 4. The molecule has 30 heavy (non-hydrogen) atoms. The smallest absolute Gasteiger partial charge is 0.461 e. The van der Waals surface area contributed by atoms with Crippen molar-refractivity contribution in [3.8, 4) is 0 Å². The third-order valence-corrected chi connectivity index (χ3v) is 5.92. The lowest BCUT2D eigenvalue weighted by Gasteiger charge is -2.49. The Morgan fingerprint density at radius 3 is 2.23 bits per heavy atom. The fourth-order valence-electron chi connectivity index (χ4n) is 2.86. The van der Waals surface area contributed by atoms with E-state index < -0.39 is 74.8 Å². The summed E-state index contributed by atoms with van der Waals surface area (Å²) < 4.78 is 72.6. The molecule has 0 aliphatic carbocycles. The van der Waals surface area contributed by atoms with Gasteiger partial charge in [-0.3, -0.25) is 19.3 Å². The number of sulfone groups is 1. The number of esters is 2. The maximum Gasteiger partial charge on any atom is 0.471 e. The van der Waals surface area contributed by atoms with Gasteiger partial charge in [-0.2, -0.15) is 13.2 Å². The molecule has 2 atom stereocenters. The van der Waals surface area contributed by atoms with Crippen LogP contribution in [-0.2, 0) is 38.5 Å². The summed E-state index contributed by atoms with van der Waals surface area (Å²) in [5.74, 6) is -6.55. The normalized spacial score (nSPS) is 23.3. The van der Waals surface area contributed by atoms with Crippen molar-refractivity contribution >= 4 is 33.6 Å². The van der Waals surface area contributed by atoms with Gasteiger partial charge >= 0.3 is 24.0 Å². The van der Waals surface area contributed by atoms with Crippen LogP contribution < -0.4 is 5.32 Å². The molecular weight excluding hydrogens is 437 g/mol. The van der Waals surface area contributed by atoms with Crippen molar-refractivity contribution in [1.29, 1.82) is 0 Å². The minimum absolute atomic E-state index is 0.273. The number of rotatable bonds is 4. The number of ether oxygens (including phenoxy) is 2. The van der Waals surface area contributed by atoms with Gasteiger partial charge in [-0.1, -0.05) is 0 Å². The Labute approximate surface area is 169 Å². The van der Waals surface area contributed by atoms with Crippen molar-refractivity contribution in [2.24, 2.45) is 0 Å². The van der Waals surface area contributed by atoms with E-state index in [0.29, 0.717) is 4.90 Å². The van der Waals surface area contributed by atoms with E-state index in [9.17, 15) is 40.8 Å². The summed E-state index contributed by atoms with van der Waals surface area (Å²) in [6.07, 6.45) is -5.34. The summed E-state index contributed by atoms with van der Waals surface area (Å²) in [5.41, 5.74) is -1.88. The number of amides is 2. The summed E-state index contributed by atoms with van der Waals surface area (Å²) in [6.45, 7) is 4.88. The van der Waals surface area contributed by atoms with E-state index in [1.165, 1.54) is 26.1 Å². The standard InChI is InChI=1S/C16H19F3N2O8S/c1-7(22)28-5-8-6-30(26,27)12-9(20-14(25)16(17,18)19)11(23)21(12)10(8)13(24)29-15(2,3)4/h9,12H,5-6H2,1-4H3,(H,20,25). The van der Waals surface area contributed by atoms with Gasteiger partial charge in [0.1, 0.15) is 23.9 Å². The molecule has 2 aliphatic rings. The quantitative estimate of drug-likeness (QED) is 0.453. The van der Waals surface area contributed by atoms with E-state index in [1.54, 1.807) is 0 Å². The minimum atomic E-state index is -5.34. The van der Waals surface area contributed by atoms with Gasteiger partial charge in [0.05, 0.1) is 5.75 Å². The predicted octanol–water partition coefficient (Wildman–Crippen LogP) is -0.211. The Hall–Kier alpha value is -2.64. The van der Waals surface area contributed by atoms with Crippen molar-refractivity contribution in [1.82, 2.24) is 10.2 Å². The molecule has 2 rings (SSSR count). The van der Waals surface area contributed by atoms with E-state index in [-0.39, 0.29) is 5.57 Å². The molecule has 2 unspecified atom stereocenters. The van der Waals surface area contributed by atoms with Gasteiger partial charge in [0.2, 0.25) is 0 Å². The van der Waals surface area contributed by atoms with E-state index in [1.807, 2.05) is 0 Å². The Balaban J connectivity index is 2.47. The largest absolute Gasteiger partial charge is 0.471 e. The molecule has 1 N–H and O–H groups in total. The van der Waals surface area contributed by atoms with Crippen LogP contribution in [0.5, 0.6) is 0 Å². The summed E-state index contributed by atoms with van der Waals surface area (Å²) in [4.78, 5) is 47.8. The average Bonchev–Trinajstić information content (AvgIpc) is 2.53. The lowest BCUT2D eigenvalue weighted by Crippen LogP contribution is -2.75. The average molecular weight is 456 g/mol. The molecule has 0 aromatic heterocycles. The Morgan fingerprint density at radius 2 is 1.77 bits per heavy atom. The molecule has 10 nitrogen and oxygen atoms in total. The molecule has 0 saturated carbocycles. The van der Waals surface area contributed by atoms with Crippen LogP contribution in [0.2, 0.25) is 0 Å². The predicted molar refractivity (Wildman–Crippen MR) is 91.9 cm³/mol. The Kier molecular flexibility index (Phi) is 5.96. The second-order valence-corrected chi connectivity index (χ2v) is 9.69. The first-order valence-electron chi connectivity index (χ1n) is 8.47. The topological polar surface area (TPSA) is 136 Å². The Bertz CT molecular complexity index is 933. The first-order chi connectivity index (χ1) is 13.5. The molecule has 2 amide bonds. The number of fused-ring (bicyclic) bond motifs is 1. The van der Waals surface area contributed by atoms with Crippen LogP contribution in [0.1, 0.15) is 27.7 Å². The van der Waals surface area contributed by atoms with Crippen LogP contribution in [0, 0.1) is 0 Å². The molecule has 1 saturated heterocycles. The van der Waals surface area contributed by atoms with Crippen LogP contribution in [0.15, 0.2) is 11.3 Å². The van der Waals surface area contributed by atoms with Gasteiger partial charge in [0, 0.05) is 12.5 Å². The minimum Gasteiger partial charge on any atom is -0.461 e. The van der Waals surface area contributed by atoms with Crippen LogP contribution in [0.4, 0.5) is 13.2 Å². The molecule has 168 valence electrons. The Morgan fingerprint density at radius 1 is 1.20 bits per heavy atom. The van der Waals surface area contributed by atoms with E-state index in [0.717, 1.165) is 6.92 Å². The van der Waals surface area contributed by atoms with Crippen LogP contribution >= 0.6 is 0 Å². The molecule has 0 radical (unpaired) electrons. The highest BCUT2D eigenvalue weighted by atomic mass is 32.2. The SMILES string of the molecule is CC(=O)OCC1=C(C(=O)OC(C)(C)C)N2C(=O)C(NC(=O)C(F)(F)F)C2S(=O)(=O)C1. The van der Waals surface area contributed by atoms with Gasteiger partial charge in [-0.15, -0.1) is 0 Å². The third kappa shape index (κ3) is 4.74. The molecule has 0 spiro atoms. The van der Waals surface area contributed by atoms with E-state index in [4.69, 9.17) is 9.47 Å².